The summed E-state index contributed by atoms with van der Waals surface area (Å²) >= 11 is 6.43. The van der Waals surface area contributed by atoms with Crippen LogP contribution in [0.4, 0.5) is 5.69 Å². The van der Waals surface area contributed by atoms with Gasteiger partial charge < -0.3 is 23.5 Å². The van der Waals surface area contributed by atoms with Crippen molar-refractivity contribution in [3.8, 4) is 11.5 Å². The second-order valence-electron chi connectivity index (χ2n) is 6.37. The van der Waals surface area contributed by atoms with Crippen LogP contribution in [0.5, 0.6) is 0 Å². The number of para-hydroxylation sites is 2. The summed E-state index contributed by atoms with van der Waals surface area (Å²) in [6.45, 7) is -0.0995. The van der Waals surface area contributed by atoms with E-state index in [2.05, 4.69) is 4.98 Å². The van der Waals surface area contributed by atoms with Gasteiger partial charge in [0, 0.05) is 5.56 Å². The number of aromatic nitrogens is 1. The minimum atomic E-state index is -0.706. The summed E-state index contributed by atoms with van der Waals surface area (Å²) in [5.41, 5.74) is 2.48. The van der Waals surface area contributed by atoms with Gasteiger partial charge in [-0.05, 0) is 30.3 Å². The number of carbonyl (C=O) groups excluding carboxylic acids is 2. The van der Waals surface area contributed by atoms with Crippen molar-refractivity contribution in [1.29, 1.82) is 0 Å². The molecule has 2 aromatic carbocycles. The summed E-state index contributed by atoms with van der Waals surface area (Å²) in [6, 6.07) is 12.5. The number of halogens is 1. The average molecular weight is 429 g/mol. The van der Waals surface area contributed by atoms with Crippen LogP contribution in [0, 0.1) is 0 Å². The van der Waals surface area contributed by atoms with Gasteiger partial charge in [0.05, 0.1) is 37.1 Å². The van der Waals surface area contributed by atoms with Gasteiger partial charge in [0.2, 0.25) is 5.89 Å². The third-order valence-corrected chi connectivity index (χ3v) is 4.93. The average Bonchev–Trinajstić information content (AvgIpc) is 3.22. The zero-order valence-corrected chi connectivity index (χ0v) is 16.9. The molecule has 0 atom stereocenters. The number of hydrogen-bond donors (Lipinski definition) is 0. The van der Waals surface area contributed by atoms with Gasteiger partial charge >= 0.3 is 11.9 Å². The molecule has 0 fully saturated rings. The molecule has 1 aliphatic heterocycles. The monoisotopic (exact) mass is 428 g/mol. The highest BCUT2D eigenvalue weighted by molar-refractivity contribution is 6.33. The Balaban J connectivity index is 1.83. The Kier molecular flexibility index (Phi) is 5.43. The highest BCUT2D eigenvalue weighted by Gasteiger charge is 2.33. The van der Waals surface area contributed by atoms with Gasteiger partial charge in [0.1, 0.15) is 17.9 Å². The molecule has 0 unspecified atom stereocenters. The lowest BCUT2D eigenvalue weighted by Crippen LogP contribution is -2.39. The van der Waals surface area contributed by atoms with E-state index in [0.717, 1.165) is 0 Å². The number of methoxy groups -OCH3 is 2. The summed E-state index contributed by atoms with van der Waals surface area (Å²) in [7, 11) is 2.46. The Bertz CT molecular complexity index is 1140. The van der Waals surface area contributed by atoms with Crippen molar-refractivity contribution < 1.29 is 28.2 Å². The molecule has 0 N–H and O–H groups in total. The van der Waals surface area contributed by atoms with Gasteiger partial charge in [-0.2, -0.15) is 0 Å². The van der Waals surface area contributed by atoms with Gasteiger partial charge in [-0.25, -0.2) is 14.6 Å². The number of oxazole rings is 1. The maximum Gasteiger partial charge on any atom is 0.355 e. The number of ether oxygens (including phenoxy) is 3. The highest BCUT2D eigenvalue weighted by atomic mass is 35.5. The largest absolute Gasteiger partial charge is 0.466 e. The molecule has 0 spiro atoms. The van der Waals surface area contributed by atoms with Crippen molar-refractivity contribution in [2.75, 3.05) is 32.5 Å². The van der Waals surface area contributed by atoms with E-state index < -0.39 is 11.9 Å². The van der Waals surface area contributed by atoms with Crippen molar-refractivity contribution in [2.24, 2.45) is 0 Å². The summed E-state index contributed by atoms with van der Waals surface area (Å²) in [5, 5.41) is 0.339. The molecule has 1 aromatic heterocycles. The van der Waals surface area contributed by atoms with Crippen LogP contribution in [0.15, 0.2) is 58.2 Å². The minimum Gasteiger partial charge on any atom is -0.466 e. The number of anilines is 1. The van der Waals surface area contributed by atoms with Crippen LogP contribution in [0.2, 0.25) is 5.02 Å². The molecule has 0 amide bonds. The zero-order valence-electron chi connectivity index (χ0n) is 16.2. The lowest BCUT2D eigenvalue weighted by atomic mass is 10.1. The first-order valence-electron chi connectivity index (χ1n) is 8.94. The third kappa shape index (κ3) is 3.51. The van der Waals surface area contributed by atoms with E-state index in [9.17, 15) is 9.59 Å². The van der Waals surface area contributed by atoms with E-state index in [0.29, 0.717) is 33.3 Å². The van der Waals surface area contributed by atoms with E-state index in [1.165, 1.54) is 19.1 Å². The predicted molar refractivity (Wildman–Crippen MR) is 109 cm³/mol. The van der Waals surface area contributed by atoms with Crippen LogP contribution < -0.4 is 4.90 Å². The van der Waals surface area contributed by atoms with Crippen LogP contribution in [-0.2, 0) is 23.8 Å². The molecule has 2 heterocycles. The normalized spacial score (nSPS) is 14.2. The quantitative estimate of drug-likeness (QED) is 0.583. The first-order valence-corrected chi connectivity index (χ1v) is 9.32. The molecule has 154 valence electrons. The van der Waals surface area contributed by atoms with Crippen LogP contribution in [0.1, 0.15) is 0 Å². The van der Waals surface area contributed by atoms with Crippen LogP contribution >= 0.6 is 11.6 Å². The Labute approximate surface area is 176 Å². The maximum atomic E-state index is 12.5. The number of nitrogens with zero attached hydrogens (tertiary/aromatic N) is 2. The molecule has 9 heteroatoms. The molecule has 0 bridgehead atoms. The fraction of sp³-hybridized carbons (Fsp3) is 0.190. The topological polar surface area (TPSA) is 91.1 Å². The number of fused-ring (bicyclic) bond motifs is 1. The smallest absolute Gasteiger partial charge is 0.355 e. The Morgan fingerprint density at radius 3 is 2.60 bits per heavy atom. The molecule has 1 aliphatic rings. The lowest BCUT2D eigenvalue weighted by molar-refractivity contribution is -0.140. The number of hydrogen-bond acceptors (Lipinski definition) is 8. The second-order valence-corrected chi connectivity index (χ2v) is 6.78. The predicted octanol–water partition coefficient (Wildman–Crippen LogP) is 3.54. The van der Waals surface area contributed by atoms with Crippen molar-refractivity contribution in [2.45, 2.75) is 0 Å². The van der Waals surface area contributed by atoms with Crippen molar-refractivity contribution >= 4 is 40.3 Å². The van der Waals surface area contributed by atoms with Gasteiger partial charge in [0.15, 0.2) is 5.58 Å². The van der Waals surface area contributed by atoms with E-state index >= 15 is 0 Å². The van der Waals surface area contributed by atoms with Crippen molar-refractivity contribution in [3.63, 3.8) is 0 Å². The van der Waals surface area contributed by atoms with E-state index in [1.807, 2.05) is 24.3 Å². The molecule has 0 radical (unpaired) electrons. The Morgan fingerprint density at radius 1 is 1.10 bits per heavy atom. The molecule has 0 saturated heterocycles. The fourth-order valence-electron chi connectivity index (χ4n) is 3.18. The molecular formula is C21H17ClN2O6. The third-order valence-electron chi connectivity index (χ3n) is 4.61. The van der Waals surface area contributed by atoms with Gasteiger partial charge in [-0.1, -0.05) is 23.7 Å². The maximum absolute atomic E-state index is 12.5. The number of esters is 2. The Hall–Kier alpha value is -3.36. The van der Waals surface area contributed by atoms with Gasteiger partial charge in [0.25, 0.3) is 0 Å². The lowest BCUT2D eigenvalue weighted by Gasteiger charge is -2.32. The van der Waals surface area contributed by atoms with Crippen LogP contribution in [0.25, 0.3) is 22.6 Å². The number of rotatable bonds is 4. The Morgan fingerprint density at radius 2 is 1.87 bits per heavy atom. The SMILES string of the molecule is COC(=O)C1=C(C(=O)OC)N(c2cc(-c3nc4ccccc4o3)ccc2Cl)COC1. The van der Waals surface area contributed by atoms with Crippen LogP contribution in [-0.4, -0.2) is 44.5 Å². The van der Waals surface area contributed by atoms with Crippen molar-refractivity contribution in [3.05, 3.63) is 58.8 Å². The summed E-state index contributed by atoms with van der Waals surface area (Å²) < 4.78 is 21.0. The molecule has 0 aliphatic carbocycles. The van der Waals surface area contributed by atoms with Crippen LogP contribution in [0.3, 0.4) is 0 Å². The summed E-state index contributed by atoms with van der Waals surface area (Å²) in [5.74, 6) is -1.00. The number of benzene rings is 2. The molecule has 8 nitrogen and oxygen atoms in total. The van der Waals surface area contributed by atoms with E-state index in [-0.39, 0.29) is 24.6 Å². The zero-order chi connectivity index (χ0) is 21.3. The molecule has 30 heavy (non-hydrogen) atoms. The number of carbonyl (C=O) groups is 2. The first-order chi connectivity index (χ1) is 14.5. The standard InChI is InChI=1S/C21H17ClN2O6/c1-27-20(25)13-10-29-11-24(18(13)21(26)28-2)16-9-12(7-8-14(16)22)19-23-15-5-3-4-6-17(15)30-19/h3-9H,10-11H2,1-2H3. The first kappa shape index (κ1) is 19.9. The van der Waals surface area contributed by atoms with E-state index in [1.54, 1.807) is 18.2 Å². The molecule has 4 rings (SSSR count). The van der Waals surface area contributed by atoms with Gasteiger partial charge in [-0.15, -0.1) is 0 Å². The molecule has 0 saturated carbocycles. The molecule has 3 aromatic rings. The van der Waals surface area contributed by atoms with Crippen molar-refractivity contribution in [1.82, 2.24) is 4.98 Å². The fourth-order valence-corrected chi connectivity index (χ4v) is 3.40. The van der Waals surface area contributed by atoms with E-state index in [4.69, 9.17) is 30.2 Å². The summed E-state index contributed by atoms with van der Waals surface area (Å²) in [4.78, 5) is 30.7. The minimum absolute atomic E-state index is 0.00668. The summed E-state index contributed by atoms with van der Waals surface area (Å²) in [6.07, 6.45) is 0. The molecular weight excluding hydrogens is 412 g/mol. The van der Waals surface area contributed by atoms with Gasteiger partial charge in [-0.3, -0.25) is 0 Å². The second kappa shape index (κ2) is 8.17. The highest BCUT2D eigenvalue weighted by Crippen LogP contribution is 2.36.